The first-order chi connectivity index (χ1) is 7.36. The van der Waals surface area contributed by atoms with Crippen molar-refractivity contribution in [3.63, 3.8) is 0 Å². The fraction of sp³-hybridized carbons (Fsp3) is 0.200. The predicted octanol–water partition coefficient (Wildman–Crippen LogP) is 4.49. The second-order valence-electron chi connectivity index (χ2n) is 3.15. The monoisotopic (exact) mass is 248 g/mol. The molecule has 0 saturated heterocycles. The number of hydrogen-bond donors (Lipinski definition) is 0. The summed E-state index contributed by atoms with van der Waals surface area (Å²) in [5.74, 6) is 0. The van der Waals surface area contributed by atoms with Gasteiger partial charge in [-0.1, -0.05) is 43.7 Å². The van der Waals surface area contributed by atoms with E-state index in [1.54, 1.807) is 0 Å². The zero-order chi connectivity index (χ0) is 11.1. The van der Waals surface area contributed by atoms with Gasteiger partial charge in [-0.15, -0.1) is 5.56 Å². The molecular formula is C15H17V-. The number of rotatable bonds is 1. The van der Waals surface area contributed by atoms with Crippen molar-refractivity contribution in [3.8, 4) is 11.1 Å². The molecule has 0 aliphatic carbocycles. The van der Waals surface area contributed by atoms with Crippen LogP contribution in [0.25, 0.3) is 11.1 Å². The Kier molecular flexibility index (Phi) is 7.71. The molecule has 0 spiro atoms. The van der Waals surface area contributed by atoms with Crippen LogP contribution in [0.1, 0.15) is 19.4 Å². The van der Waals surface area contributed by atoms with Gasteiger partial charge >= 0.3 is 0 Å². The van der Waals surface area contributed by atoms with Gasteiger partial charge in [-0.3, -0.25) is 0 Å². The van der Waals surface area contributed by atoms with Gasteiger partial charge in [0.2, 0.25) is 0 Å². The summed E-state index contributed by atoms with van der Waals surface area (Å²) in [6.07, 6.45) is 0. The molecule has 16 heavy (non-hydrogen) atoms. The molecule has 0 amide bonds. The smallest absolute Gasteiger partial charge is 0 e. The number of benzene rings is 2. The molecule has 0 bridgehead atoms. The SMILES string of the molecule is CC.Cc1ccc(-c2cc[c-]cc2)cc1.[V]. The molecule has 0 aliphatic rings. The average Bonchev–Trinajstić information content (AvgIpc) is 2.34. The van der Waals surface area contributed by atoms with E-state index >= 15 is 0 Å². The summed E-state index contributed by atoms with van der Waals surface area (Å²) in [5.41, 5.74) is 3.81. The third-order valence-corrected chi connectivity index (χ3v) is 2.10. The molecular weight excluding hydrogens is 231 g/mol. The standard InChI is InChI=1S/C13H11.C2H6.V/c1-11-7-9-13(10-8-11)12-5-3-2-4-6-12;1-2;/h3-10H,1H3;1-2H3;/q-1;;. The summed E-state index contributed by atoms with van der Waals surface area (Å²) >= 11 is 0. The predicted molar refractivity (Wildman–Crippen MR) is 66.8 cm³/mol. The molecule has 0 aliphatic heterocycles. The number of hydrogen-bond acceptors (Lipinski definition) is 0. The fourth-order valence-electron chi connectivity index (χ4n) is 1.33. The average molecular weight is 248 g/mol. The van der Waals surface area contributed by atoms with E-state index in [9.17, 15) is 0 Å². The molecule has 0 saturated carbocycles. The Balaban J connectivity index is 0.000000711. The van der Waals surface area contributed by atoms with Crippen LogP contribution in [0.5, 0.6) is 0 Å². The quantitative estimate of drug-likeness (QED) is 0.652. The van der Waals surface area contributed by atoms with E-state index in [0.717, 1.165) is 0 Å². The van der Waals surface area contributed by atoms with Crippen LogP contribution in [0.2, 0.25) is 0 Å². The Labute approximate surface area is 111 Å². The molecule has 0 nitrogen and oxygen atoms in total. The van der Waals surface area contributed by atoms with Crippen LogP contribution in [-0.2, 0) is 18.6 Å². The van der Waals surface area contributed by atoms with E-state index < -0.39 is 0 Å². The maximum absolute atomic E-state index is 3.01. The third kappa shape index (κ3) is 4.26. The van der Waals surface area contributed by atoms with Crippen molar-refractivity contribution in [2.45, 2.75) is 20.8 Å². The van der Waals surface area contributed by atoms with Crippen molar-refractivity contribution in [1.82, 2.24) is 0 Å². The topological polar surface area (TPSA) is 0 Å². The first-order valence-corrected chi connectivity index (χ1v) is 5.39. The molecule has 1 heteroatoms. The van der Waals surface area contributed by atoms with Gasteiger partial charge in [0.1, 0.15) is 0 Å². The molecule has 0 aromatic heterocycles. The largest absolute Gasteiger partial charge is 0.184 e. The Bertz CT molecular complexity index is 376. The van der Waals surface area contributed by atoms with Crippen LogP contribution >= 0.6 is 0 Å². The third-order valence-electron chi connectivity index (χ3n) is 2.10. The molecule has 2 aromatic carbocycles. The Morgan fingerprint density at radius 2 is 1.19 bits per heavy atom. The van der Waals surface area contributed by atoms with Crippen molar-refractivity contribution in [3.05, 3.63) is 60.2 Å². The molecule has 0 atom stereocenters. The first-order valence-electron chi connectivity index (χ1n) is 5.39. The van der Waals surface area contributed by atoms with Gasteiger partial charge < -0.3 is 0 Å². The van der Waals surface area contributed by atoms with Crippen LogP contribution in [0.4, 0.5) is 0 Å². The summed E-state index contributed by atoms with van der Waals surface area (Å²) in [7, 11) is 0. The van der Waals surface area contributed by atoms with Gasteiger partial charge in [-0.2, -0.15) is 30.3 Å². The van der Waals surface area contributed by atoms with Gasteiger partial charge in [-0.05, 0) is 12.5 Å². The van der Waals surface area contributed by atoms with Crippen molar-refractivity contribution >= 4 is 0 Å². The molecule has 0 fully saturated rings. The summed E-state index contributed by atoms with van der Waals surface area (Å²) in [6, 6.07) is 19.6. The Morgan fingerprint density at radius 1 is 0.750 bits per heavy atom. The van der Waals surface area contributed by atoms with Crippen molar-refractivity contribution < 1.29 is 18.6 Å². The van der Waals surface area contributed by atoms with Gasteiger partial charge in [0, 0.05) is 18.6 Å². The van der Waals surface area contributed by atoms with Crippen molar-refractivity contribution in [2.75, 3.05) is 0 Å². The normalized spacial score (nSPS) is 8.44. The summed E-state index contributed by atoms with van der Waals surface area (Å²) in [5, 5.41) is 0. The molecule has 0 unspecified atom stereocenters. The zero-order valence-corrected chi connectivity index (χ0v) is 11.5. The summed E-state index contributed by atoms with van der Waals surface area (Å²) < 4.78 is 0. The van der Waals surface area contributed by atoms with Crippen LogP contribution in [0.3, 0.4) is 0 Å². The maximum atomic E-state index is 3.01. The molecule has 0 N–H and O–H groups in total. The Morgan fingerprint density at radius 3 is 1.69 bits per heavy atom. The molecule has 2 aromatic rings. The van der Waals surface area contributed by atoms with E-state index in [1.165, 1.54) is 16.7 Å². The van der Waals surface area contributed by atoms with Crippen molar-refractivity contribution in [2.24, 2.45) is 0 Å². The molecule has 83 valence electrons. The van der Waals surface area contributed by atoms with E-state index in [2.05, 4.69) is 49.4 Å². The zero-order valence-electron chi connectivity index (χ0n) is 10.1. The van der Waals surface area contributed by atoms with Crippen LogP contribution in [0.15, 0.2) is 48.5 Å². The van der Waals surface area contributed by atoms with E-state index in [4.69, 9.17) is 0 Å². The van der Waals surface area contributed by atoms with Gasteiger partial charge in [0.25, 0.3) is 0 Å². The van der Waals surface area contributed by atoms with Gasteiger partial charge in [0.15, 0.2) is 0 Å². The fourth-order valence-corrected chi connectivity index (χ4v) is 1.33. The first kappa shape index (κ1) is 15.0. The second-order valence-corrected chi connectivity index (χ2v) is 3.15. The van der Waals surface area contributed by atoms with Gasteiger partial charge in [-0.25, -0.2) is 0 Å². The molecule has 2 rings (SSSR count). The summed E-state index contributed by atoms with van der Waals surface area (Å²) in [4.78, 5) is 0. The second kappa shape index (κ2) is 8.21. The molecule has 0 heterocycles. The van der Waals surface area contributed by atoms with E-state index in [1.807, 2.05) is 26.0 Å². The minimum atomic E-state index is 0. The van der Waals surface area contributed by atoms with Crippen LogP contribution in [0, 0.1) is 13.0 Å². The molecule has 1 radical (unpaired) electrons. The minimum absolute atomic E-state index is 0. The minimum Gasteiger partial charge on any atom is -0.184 e. The maximum Gasteiger partial charge on any atom is 0 e. The van der Waals surface area contributed by atoms with Gasteiger partial charge in [0.05, 0.1) is 0 Å². The van der Waals surface area contributed by atoms with Crippen LogP contribution in [-0.4, -0.2) is 0 Å². The van der Waals surface area contributed by atoms with Crippen LogP contribution < -0.4 is 0 Å². The summed E-state index contributed by atoms with van der Waals surface area (Å²) in [6.45, 7) is 6.10. The van der Waals surface area contributed by atoms with Crippen molar-refractivity contribution in [1.29, 1.82) is 0 Å². The van der Waals surface area contributed by atoms with E-state index in [0.29, 0.717) is 0 Å². The number of aryl methyl sites for hydroxylation is 1. The Hall–Kier alpha value is -0.976. The van der Waals surface area contributed by atoms with E-state index in [-0.39, 0.29) is 18.6 Å².